The molecule has 0 rings (SSSR count). The molecule has 0 N–H and O–H groups in total. The van der Waals surface area contributed by atoms with Crippen LogP contribution >= 0.6 is 0 Å². The van der Waals surface area contributed by atoms with E-state index in [1.54, 1.807) is 13.8 Å². The van der Waals surface area contributed by atoms with E-state index < -0.39 is 12.1 Å². The molecule has 0 aliphatic rings. The number of hydrogen-bond acceptors (Lipinski definition) is 2. The Morgan fingerprint density at radius 3 is 2.22 bits per heavy atom. The van der Waals surface area contributed by atoms with Crippen molar-refractivity contribution in [1.82, 2.24) is 0 Å². The molecule has 1 unspecified atom stereocenters. The highest BCUT2D eigenvalue weighted by Gasteiger charge is 2.15. The van der Waals surface area contributed by atoms with Crippen LogP contribution in [0.1, 0.15) is 20.3 Å². The van der Waals surface area contributed by atoms with E-state index in [0.717, 1.165) is 0 Å². The minimum atomic E-state index is -1.13. The van der Waals surface area contributed by atoms with Gasteiger partial charge < -0.3 is 4.74 Å². The fourth-order valence-electron chi connectivity index (χ4n) is 0.554. The second-order valence-electron chi connectivity index (χ2n) is 1.67. The van der Waals surface area contributed by atoms with Gasteiger partial charge in [0.25, 0.3) is 0 Å². The van der Waals surface area contributed by atoms with Crippen molar-refractivity contribution in [2.24, 2.45) is 0 Å². The summed E-state index contributed by atoms with van der Waals surface area (Å²) in [4.78, 5) is 10.1. The van der Waals surface area contributed by atoms with Gasteiger partial charge in [0.1, 0.15) is 0 Å². The van der Waals surface area contributed by atoms with E-state index in [1.807, 2.05) is 0 Å². The Bertz CT molecular complexity index is 90.3. The Morgan fingerprint density at radius 1 is 1.56 bits per heavy atom. The van der Waals surface area contributed by atoms with Gasteiger partial charge in [-0.15, -0.1) is 0 Å². The molecule has 0 aromatic heterocycles. The van der Waals surface area contributed by atoms with Crippen molar-refractivity contribution in [1.29, 1.82) is 0 Å². The molecule has 0 fully saturated rings. The summed E-state index contributed by atoms with van der Waals surface area (Å²) < 4.78 is 4.79. The molecule has 0 bridgehead atoms. The summed E-state index contributed by atoms with van der Waals surface area (Å²) in [6.07, 6.45) is -0.258. The van der Waals surface area contributed by atoms with Crippen LogP contribution in [0.5, 0.6) is 0 Å². The molecule has 0 aliphatic carbocycles. The molecule has 9 heavy (non-hydrogen) atoms. The van der Waals surface area contributed by atoms with E-state index in [0.29, 0.717) is 13.0 Å². The summed E-state index contributed by atoms with van der Waals surface area (Å²) in [5.41, 5.74) is 0. The molecule has 0 aromatic carbocycles. The molecular formula is C6H11O3. The molecule has 0 heterocycles. The third-order valence-corrected chi connectivity index (χ3v) is 1.00. The Hall–Kier alpha value is -0.570. The zero-order chi connectivity index (χ0) is 7.28. The van der Waals surface area contributed by atoms with Gasteiger partial charge in [-0.05, 0) is 13.3 Å². The van der Waals surface area contributed by atoms with Crippen molar-refractivity contribution in [3.8, 4) is 0 Å². The minimum absolute atomic E-state index is 0.423. The second kappa shape index (κ2) is 4.32. The first-order chi connectivity index (χ1) is 4.22. The van der Waals surface area contributed by atoms with Crippen molar-refractivity contribution in [3.63, 3.8) is 0 Å². The SMILES string of the molecule is CCOC(CC)C([O])=O. The first kappa shape index (κ1) is 8.43. The van der Waals surface area contributed by atoms with Crippen molar-refractivity contribution in [2.75, 3.05) is 6.61 Å². The standard InChI is InChI=1S/C6H11O3/c1-3-5(6(7)8)9-4-2/h5H,3-4H2,1-2H3. The second-order valence-corrected chi connectivity index (χ2v) is 1.67. The summed E-state index contributed by atoms with van der Waals surface area (Å²) in [5.74, 6) is -1.13. The maximum atomic E-state index is 10.1. The van der Waals surface area contributed by atoms with Crippen LogP contribution in [0.4, 0.5) is 0 Å². The molecule has 3 heteroatoms. The lowest BCUT2D eigenvalue weighted by molar-refractivity contribution is -0.156. The number of rotatable bonds is 4. The van der Waals surface area contributed by atoms with Crippen LogP contribution in [0.3, 0.4) is 0 Å². The lowest BCUT2D eigenvalue weighted by Gasteiger charge is -2.05. The van der Waals surface area contributed by atoms with E-state index in [4.69, 9.17) is 4.74 Å². The largest absolute Gasteiger partial charge is 0.383 e. The van der Waals surface area contributed by atoms with Gasteiger partial charge in [-0.2, -0.15) is 0 Å². The molecule has 0 aliphatic heterocycles. The van der Waals surface area contributed by atoms with E-state index in [2.05, 4.69) is 0 Å². The summed E-state index contributed by atoms with van der Waals surface area (Å²) in [6, 6.07) is 0. The predicted octanol–water partition coefficient (Wildman–Crippen LogP) is 0.759. The summed E-state index contributed by atoms with van der Waals surface area (Å²) in [7, 11) is 0. The molecule has 3 nitrogen and oxygen atoms in total. The van der Waals surface area contributed by atoms with E-state index in [1.165, 1.54) is 0 Å². The van der Waals surface area contributed by atoms with Crippen LogP contribution in [-0.4, -0.2) is 18.7 Å². The van der Waals surface area contributed by atoms with Gasteiger partial charge in [0.15, 0.2) is 6.10 Å². The van der Waals surface area contributed by atoms with E-state index >= 15 is 0 Å². The lowest BCUT2D eigenvalue weighted by Crippen LogP contribution is -2.21. The fraction of sp³-hybridized carbons (Fsp3) is 0.833. The Kier molecular flexibility index (Phi) is 4.05. The highest BCUT2D eigenvalue weighted by molar-refractivity contribution is 5.71. The van der Waals surface area contributed by atoms with Gasteiger partial charge in [0.05, 0.1) is 0 Å². The fourth-order valence-corrected chi connectivity index (χ4v) is 0.554. The van der Waals surface area contributed by atoms with Crippen LogP contribution in [-0.2, 0) is 14.6 Å². The van der Waals surface area contributed by atoms with E-state index in [9.17, 15) is 9.90 Å². The number of carbonyl (C=O) groups is 1. The van der Waals surface area contributed by atoms with Gasteiger partial charge in [-0.25, -0.2) is 9.90 Å². The first-order valence-corrected chi connectivity index (χ1v) is 3.04. The minimum Gasteiger partial charge on any atom is -0.367 e. The van der Waals surface area contributed by atoms with Gasteiger partial charge in [0, 0.05) is 6.61 Å². The molecule has 0 aromatic rings. The zero-order valence-corrected chi connectivity index (χ0v) is 5.72. The van der Waals surface area contributed by atoms with Gasteiger partial charge in [-0.1, -0.05) is 6.92 Å². The van der Waals surface area contributed by atoms with Crippen LogP contribution in [0.15, 0.2) is 0 Å². The third-order valence-electron chi connectivity index (χ3n) is 1.00. The lowest BCUT2D eigenvalue weighted by atomic mass is 10.3. The number of carbonyl (C=O) groups excluding carboxylic acids is 1. The van der Waals surface area contributed by atoms with Crippen LogP contribution < -0.4 is 0 Å². The maximum Gasteiger partial charge on any atom is 0.383 e. The van der Waals surface area contributed by atoms with Gasteiger partial charge >= 0.3 is 5.97 Å². The van der Waals surface area contributed by atoms with Crippen molar-refractivity contribution >= 4 is 5.97 Å². The van der Waals surface area contributed by atoms with E-state index in [-0.39, 0.29) is 0 Å². The summed E-state index contributed by atoms with van der Waals surface area (Å²) >= 11 is 0. The van der Waals surface area contributed by atoms with Crippen LogP contribution in [0, 0.1) is 0 Å². The normalized spacial score (nSPS) is 13.1. The van der Waals surface area contributed by atoms with Crippen molar-refractivity contribution in [2.45, 2.75) is 26.4 Å². The Labute approximate surface area is 54.6 Å². The Balaban J connectivity index is 3.54. The monoisotopic (exact) mass is 131 g/mol. The number of hydrogen-bond donors (Lipinski definition) is 0. The van der Waals surface area contributed by atoms with Crippen LogP contribution in [0.2, 0.25) is 0 Å². The van der Waals surface area contributed by atoms with Crippen LogP contribution in [0.25, 0.3) is 0 Å². The Morgan fingerprint density at radius 2 is 2.11 bits per heavy atom. The maximum absolute atomic E-state index is 10.1. The average molecular weight is 131 g/mol. The molecule has 0 saturated heterocycles. The molecule has 53 valence electrons. The third kappa shape index (κ3) is 3.08. The summed E-state index contributed by atoms with van der Waals surface area (Å²) in [5, 5.41) is 10.1. The predicted molar refractivity (Wildman–Crippen MR) is 31.4 cm³/mol. The van der Waals surface area contributed by atoms with Crippen molar-refractivity contribution < 1.29 is 14.6 Å². The van der Waals surface area contributed by atoms with Gasteiger partial charge in [-0.3, -0.25) is 0 Å². The highest BCUT2D eigenvalue weighted by atomic mass is 16.5. The quantitative estimate of drug-likeness (QED) is 0.565. The molecule has 0 amide bonds. The van der Waals surface area contributed by atoms with Crippen molar-refractivity contribution in [3.05, 3.63) is 0 Å². The first-order valence-electron chi connectivity index (χ1n) is 3.04. The molecule has 0 spiro atoms. The van der Waals surface area contributed by atoms with Gasteiger partial charge in [0.2, 0.25) is 0 Å². The molecule has 0 saturated carbocycles. The molecule has 1 radical (unpaired) electrons. The molecule has 1 atom stereocenters. The smallest absolute Gasteiger partial charge is 0.367 e. The zero-order valence-electron chi connectivity index (χ0n) is 5.72. The number of ether oxygens (including phenoxy) is 1. The topological polar surface area (TPSA) is 46.2 Å². The highest BCUT2D eigenvalue weighted by Crippen LogP contribution is 1.96. The summed E-state index contributed by atoms with van der Waals surface area (Å²) in [6.45, 7) is 3.92. The average Bonchev–Trinajstić information content (AvgIpc) is 1.82. The molecular weight excluding hydrogens is 120 g/mol.